The minimum Gasteiger partial charge on any atom is -0.508 e. The monoisotopic (exact) mass is 468 g/mol. The van der Waals surface area contributed by atoms with E-state index in [0.717, 1.165) is 33.3 Å². The standard InChI is InChI=1S/C24H22BrClN2O/c1-2-15-3-5-16(6-4-15)21-14-22(20-13-18(25)9-12-23(20)29)28-24(27-21)17-7-10-19(26)11-8-17/h3-13,22,24,28-29H,2,14H2,1H3/t22-,24+/m1/s1. The molecule has 0 fully saturated rings. The Balaban J connectivity index is 1.75. The third-order valence-electron chi connectivity index (χ3n) is 5.29. The van der Waals surface area contributed by atoms with Gasteiger partial charge in [-0.05, 0) is 53.4 Å². The second-order valence-corrected chi connectivity index (χ2v) is 8.56. The number of rotatable bonds is 4. The average molecular weight is 470 g/mol. The molecular formula is C24H22BrClN2O. The molecule has 0 aromatic heterocycles. The van der Waals surface area contributed by atoms with Gasteiger partial charge in [-0.3, -0.25) is 10.3 Å². The molecule has 3 aromatic rings. The van der Waals surface area contributed by atoms with E-state index in [1.54, 1.807) is 6.07 Å². The Labute approximate surface area is 184 Å². The van der Waals surface area contributed by atoms with Crippen molar-refractivity contribution in [2.75, 3.05) is 0 Å². The Morgan fingerprint density at radius 2 is 1.79 bits per heavy atom. The van der Waals surface area contributed by atoms with Crippen LogP contribution in [0.1, 0.15) is 47.8 Å². The Morgan fingerprint density at radius 3 is 2.48 bits per heavy atom. The van der Waals surface area contributed by atoms with Gasteiger partial charge < -0.3 is 5.11 Å². The summed E-state index contributed by atoms with van der Waals surface area (Å²) in [6.45, 7) is 2.15. The maximum atomic E-state index is 10.5. The van der Waals surface area contributed by atoms with Gasteiger partial charge in [0.05, 0.1) is 0 Å². The third-order valence-corrected chi connectivity index (χ3v) is 6.03. The second-order valence-electron chi connectivity index (χ2n) is 7.21. The summed E-state index contributed by atoms with van der Waals surface area (Å²) < 4.78 is 0.937. The SMILES string of the molecule is CCc1ccc(C2=N[C@H](c3ccc(Cl)cc3)N[C@@H](c3cc(Br)ccc3O)C2)cc1. The van der Waals surface area contributed by atoms with E-state index >= 15 is 0 Å². The fraction of sp³-hybridized carbons (Fsp3) is 0.208. The van der Waals surface area contributed by atoms with Crippen molar-refractivity contribution in [3.63, 3.8) is 0 Å². The van der Waals surface area contributed by atoms with Gasteiger partial charge in [0.1, 0.15) is 11.9 Å². The first-order chi connectivity index (χ1) is 14.0. The number of aliphatic imine (C=N–C) groups is 1. The molecule has 0 unspecified atom stereocenters. The van der Waals surface area contributed by atoms with Gasteiger partial charge in [0, 0.05) is 33.2 Å². The zero-order valence-electron chi connectivity index (χ0n) is 16.1. The summed E-state index contributed by atoms with van der Waals surface area (Å²) in [6, 6.07) is 21.8. The fourth-order valence-corrected chi connectivity index (χ4v) is 4.14. The predicted molar refractivity (Wildman–Crippen MR) is 123 cm³/mol. The van der Waals surface area contributed by atoms with Crippen molar-refractivity contribution in [3.05, 3.63) is 98.5 Å². The highest BCUT2D eigenvalue weighted by Gasteiger charge is 2.27. The number of hydrogen-bond acceptors (Lipinski definition) is 3. The molecule has 0 saturated heterocycles. The summed E-state index contributed by atoms with van der Waals surface area (Å²) in [5.74, 6) is 0.281. The lowest BCUT2D eigenvalue weighted by Crippen LogP contribution is -2.33. The average Bonchev–Trinajstić information content (AvgIpc) is 2.75. The van der Waals surface area contributed by atoms with Gasteiger partial charge in [0.15, 0.2) is 0 Å². The number of nitrogens with zero attached hydrogens (tertiary/aromatic N) is 1. The number of benzene rings is 3. The zero-order chi connectivity index (χ0) is 20.4. The quantitative estimate of drug-likeness (QED) is 0.452. The van der Waals surface area contributed by atoms with Gasteiger partial charge in [0.25, 0.3) is 0 Å². The molecule has 2 atom stereocenters. The molecule has 4 rings (SSSR count). The zero-order valence-corrected chi connectivity index (χ0v) is 18.4. The van der Waals surface area contributed by atoms with Gasteiger partial charge in [0.2, 0.25) is 0 Å². The molecule has 2 N–H and O–H groups in total. The van der Waals surface area contributed by atoms with Crippen molar-refractivity contribution in [1.82, 2.24) is 5.32 Å². The number of hydrogen-bond donors (Lipinski definition) is 2. The molecule has 0 spiro atoms. The van der Waals surface area contributed by atoms with Gasteiger partial charge in [-0.1, -0.05) is 70.9 Å². The summed E-state index contributed by atoms with van der Waals surface area (Å²) in [5, 5.41) is 14.8. The minimum atomic E-state index is -0.217. The van der Waals surface area contributed by atoms with E-state index in [1.807, 2.05) is 36.4 Å². The van der Waals surface area contributed by atoms with E-state index in [0.29, 0.717) is 11.4 Å². The van der Waals surface area contributed by atoms with Crippen LogP contribution in [0.4, 0.5) is 0 Å². The molecule has 0 radical (unpaired) electrons. The van der Waals surface area contributed by atoms with Crippen LogP contribution in [0.15, 0.2) is 76.2 Å². The molecule has 0 amide bonds. The van der Waals surface area contributed by atoms with E-state index in [2.05, 4.69) is 52.4 Å². The highest BCUT2D eigenvalue weighted by Crippen LogP contribution is 2.36. The summed E-state index contributed by atoms with van der Waals surface area (Å²) in [5.41, 5.74) is 5.34. The second kappa shape index (κ2) is 8.70. The first kappa shape index (κ1) is 20.1. The fourth-order valence-electron chi connectivity index (χ4n) is 3.63. The van der Waals surface area contributed by atoms with Crippen molar-refractivity contribution in [3.8, 4) is 5.75 Å². The molecule has 0 saturated carbocycles. The number of halogens is 2. The van der Waals surface area contributed by atoms with Crippen LogP contribution in [0, 0.1) is 0 Å². The smallest absolute Gasteiger partial charge is 0.126 e. The molecule has 3 aromatic carbocycles. The van der Waals surface area contributed by atoms with Crippen LogP contribution in [0.3, 0.4) is 0 Å². The molecule has 1 aliphatic heterocycles. The van der Waals surface area contributed by atoms with Crippen LogP contribution in [0.25, 0.3) is 0 Å². The van der Waals surface area contributed by atoms with E-state index in [9.17, 15) is 5.11 Å². The number of phenolic OH excluding ortho intramolecular Hbond substituents is 1. The van der Waals surface area contributed by atoms with Crippen LogP contribution >= 0.6 is 27.5 Å². The first-order valence-electron chi connectivity index (χ1n) is 9.69. The van der Waals surface area contributed by atoms with Crippen molar-refractivity contribution >= 4 is 33.2 Å². The van der Waals surface area contributed by atoms with Crippen molar-refractivity contribution < 1.29 is 5.11 Å². The summed E-state index contributed by atoms with van der Waals surface area (Å²) in [4.78, 5) is 5.00. The predicted octanol–water partition coefficient (Wildman–Crippen LogP) is 6.59. The molecule has 1 heterocycles. The van der Waals surface area contributed by atoms with Gasteiger partial charge in [-0.15, -0.1) is 0 Å². The third kappa shape index (κ3) is 4.55. The van der Waals surface area contributed by atoms with Crippen molar-refractivity contribution in [2.24, 2.45) is 4.99 Å². The molecule has 0 aliphatic carbocycles. The van der Waals surface area contributed by atoms with E-state index < -0.39 is 0 Å². The Kier molecular flexibility index (Phi) is 6.04. The lowest BCUT2D eigenvalue weighted by Gasteiger charge is -2.31. The van der Waals surface area contributed by atoms with E-state index in [4.69, 9.17) is 16.6 Å². The molecule has 148 valence electrons. The van der Waals surface area contributed by atoms with Crippen molar-refractivity contribution in [1.29, 1.82) is 0 Å². The Hall–Kier alpha value is -2.14. The normalized spacial score (nSPS) is 19.1. The Bertz CT molecular complexity index is 1030. The van der Waals surface area contributed by atoms with E-state index in [1.165, 1.54) is 5.56 Å². The topological polar surface area (TPSA) is 44.6 Å². The number of nitrogens with one attached hydrogen (secondary N) is 1. The number of phenols is 1. The van der Waals surface area contributed by atoms with Crippen LogP contribution in [-0.4, -0.2) is 10.8 Å². The molecule has 29 heavy (non-hydrogen) atoms. The van der Waals surface area contributed by atoms with Crippen molar-refractivity contribution in [2.45, 2.75) is 32.0 Å². The van der Waals surface area contributed by atoms with E-state index in [-0.39, 0.29) is 18.0 Å². The molecule has 0 bridgehead atoms. The molecule has 5 heteroatoms. The highest BCUT2D eigenvalue weighted by atomic mass is 79.9. The number of aryl methyl sites for hydroxylation is 1. The van der Waals surface area contributed by atoms with Gasteiger partial charge in [-0.2, -0.15) is 0 Å². The van der Waals surface area contributed by atoms with Crippen LogP contribution < -0.4 is 5.32 Å². The molecule has 1 aliphatic rings. The lowest BCUT2D eigenvalue weighted by atomic mass is 9.93. The first-order valence-corrected chi connectivity index (χ1v) is 10.9. The maximum absolute atomic E-state index is 10.5. The largest absolute Gasteiger partial charge is 0.508 e. The van der Waals surface area contributed by atoms with Crippen LogP contribution in [0.2, 0.25) is 5.02 Å². The summed E-state index contributed by atoms with van der Waals surface area (Å²) in [7, 11) is 0. The van der Waals surface area contributed by atoms with Gasteiger partial charge in [-0.25, -0.2) is 0 Å². The molecular weight excluding hydrogens is 448 g/mol. The lowest BCUT2D eigenvalue weighted by molar-refractivity contribution is 0.412. The summed E-state index contributed by atoms with van der Waals surface area (Å²) in [6.07, 6.45) is 1.49. The number of aromatic hydroxyl groups is 1. The summed E-state index contributed by atoms with van der Waals surface area (Å²) >= 11 is 9.60. The molecule has 3 nitrogen and oxygen atoms in total. The Morgan fingerprint density at radius 1 is 1.07 bits per heavy atom. The van der Waals surface area contributed by atoms with Gasteiger partial charge >= 0.3 is 0 Å². The van der Waals surface area contributed by atoms with Crippen LogP contribution in [-0.2, 0) is 6.42 Å². The maximum Gasteiger partial charge on any atom is 0.126 e. The minimum absolute atomic E-state index is 0.0634. The van der Waals surface area contributed by atoms with Crippen LogP contribution in [0.5, 0.6) is 5.75 Å². The highest BCUT2D eigenvalue weighted by molar-refractivity contribution is 9.10.